The number of hydrogen-bond donors (Lipinski definition) is 2. The van der Waals surface area contributed by atoms with Crippen molar-refractivity contribution in [3.05, 3.63) is 40.5 Å². The quantitative estimate of drug-likeness (QED) is 0.906. The van der Waals surface area contributed by atoms with Crippen LogP contribution in [0.15, 0.2) is 12.1 Å². The summed E-state index contributed by atoms with van der Waals surface area (Å²) in [6, 6.07) is 2.75. The van der Waals surface area contributed by atoms with Gasteiger partial charge in [-0.25, -0.2) is 4.39 Å². The van der Waals surface area contributed by atoms with Gasteiger partial charge in [-0.05, 0) is 36.6 Å². The summed E-state index contributed by atoms with van der Waals surface area (Å²) in [6.07, 6.45) is 0. The van der Waals surface area contributed by atoms with Crippen molar-refractivity contribution in [2.45, 2.75) is 32.7 Å². The molecule has 1 heterocycles. The second kappa shape index (κ2) is 6.08. The van der Waals surface area contributed by atoms with Crippen LogP contribution in [0.25, 0.3) is 0 Å². The van der Waals surface area contributed by atoms with E-state index in [1.165, 1.54) is 6.07 Å². The van der Waals surface area contributed by atoms with E-state index in [-0.39, 0.29) is 24.1 Å². The van der Waals surface area contributed by atoms with Gasteiger partial charge < -0.3 is 5.73 Å². The molecule has 1 aromatic carbocycles. The number of aromatic amines is 1. The number of rotatable bonds is 3. The van der Waals surface area contributed by atoms with E-state index < -0.39 is 6.04 Å². The summed E-state index contributed by atoms with van der Waals surface area (Å²) < 4.78 is 14.0. The Labute approximate surface area is 117 Å². The van der Waals surface area contributed by atoms with Crippen LogP contribution in [0.3, 0.4) is 0 Å². The highest BCUT2D eigenvalue weighted by atomic mass is 35.5. The molecule has 5 nitrogen and oxygen atoms in total. The van der Waals surface area contributed by atoms with Gasteiger partial charge in [-0.15, -0.1) is 22.6 Å². The van der Waals surface area contributed by atoms with E-state index in [0.717, 1.165) is 11.1 Å². The maximum Gasteiger partial charge on any atom is 0.191 e. The first-order chi connectivity index (χ1) is 8.52. The zero-order valence-electron chi connectivity index (χ0n) is 11.0. The molecule has 2 atom stereocenters. The number of aryl methyl sites for hydroxylation is 1. The number of halogens is 2. The van der Waals surface area contributed by atoms with Gasteiger partial charge in [0.25, 0.3) is 0 Å². The summed E-state index contributed by atoms with van der Waals surface area (Å²) in [5, 5.41) is 13.5. The van der Waals surface area contributed by atoms with Crippen LogP contribution >= 0.6 is 12.4 Å². The molecule has 0 aliphatic heterocycles. The lowest BCUT2D eigenvalue weighted by molar-refractivity contribution is 0.522. The Hall–Kier alpha value is -1.53. The first-order valence-corrected chi connectivity index (χ1v) is 5.77. The molecule has 3 N–H and O–H groups in total. The number of aromatic nitrogens is 4. The molecule has 0 amide bonds. The summed E-state index contributed by atoms with van der Waals surface area (Å²) in [5.41, 5.74) is 8.63. The Bertz CT molecular complexity index is 543. The van der Waals surface area contributed by atoms with E-state index >= 15 is 0 Å². The molecule has 0 saturated heterocycles. The highest BCUT2D eigenvalue weighted by Gasteiger charge is 2.24. The molecule has 0 aliphatic carbocycles. The van der Waals surface area contributed by atoms with E-state index in [2.05, 4.69) is 20.6 Å². The van der Waals surface area contributed by atoms with Gasteiger partial charge in [0.1, 0.15) is 5.82 Å². The highest BCUT2D eigenvalue weighted by molar-refractivity contribution is 5.85. The molecule has 0 unspecified atom stereocenters. The number of nitrogens with two attached hydrogens (primary N) is 1. The average Bonchev–Trinajstić information content (AvgIpc) is 2.87. The van der Waals surface area contributed by atoms with E-state index in [0.29, 0.717) is 11.4 Å². The normalized spacial score (nSPS) is 13.7. The number of hydrogen-bond acceptors (Lipinski definition) is 4. The molecule has 0 aliphatic rings. The second-order valence-corrected chi connectivity index (χ2v) is 4.49. The molecule has 1 aromatic heterocycles. The van der Waals surface area contributed by atoms with Gasteiger partial charge in [-0.3, -0.25) is 0 Å². The Kier molecular flexibility index (Phi) is 4.97. The number of H-pyrrole nitrogens is 1. The Morgan fingerprint density at radius 1 is 1.32 bits per heavy atom. The van der Waals surface area contributed by atoms with Crippen molar-refractivity contribution in [2.24, 2.45) is 5.73 Å². The van der Waals surface area contributed by atoms with Crippen LogP contribution in [-0.2, 0) is 0 Å². The van der Waals surface area contributed by atoms with Gasteiger partial charge >= 0.3 is 0 Å². The number of nitrogens with zero attached hydrogens (tertiary/aromatic N) is 3. The minimum Gasteiger partial charge on any atom is -0.321 e. The standard InChI is InChI=1S/C12H16FN5.ClH/c1-6-4-5-9(13)10(7(6)2)8(3)11(14)12-15-17-18-16-12;/h4-5,8,11H,14H2,1-3H3,(H,15,16,17,18);1H/t8-,11+;/m1./s1. The molecule has 19 heavy (non-hydrogen) atoms. The first kappa shape index (κ1) is 15.5. The van der Waals surface area contributed by atoms with Crippen LogP contribution in [0, 0.1) is 19.7 Å². The summed E-state index contributed by atoms with van der Waals surface area (Å²) in [7, 11) is 0. The lowest BCUT2D eigenvalue weighted by Crippen LogP contribution is -2.21. The molecule has 7 heteroatoms. The van der Waals surface area contributed by atoms with Gasteiger partial charge in [0.2, 0.25) is 0 Å². The van der Waals surface area contributed by atoms with E-state index in [1.54, 1.807) is 6.07 Å². The number of tetrazole rings is 1. The Morgan fingerprint density at radius 3 is 2.58 bits per heavy atom. The zero-order valence-corrected chi connectivity index (χ0v) is 11.8. The molecule has 0 saturated carbocycles. The third-order valence-corrected chi connectivity index (χ3v) is 3.39. The predicted molar refractivity (Wildman–Crippen MR) is 72.6 cm³/mol. The molecule has 0 fully saturated rings. The van der Waals surface area contributed by atoms with Gasteiger partial charge in [0.15, 0.2) is 5.82 Å². The monoisotopic (exact) mass is 285 g/mol. The third kappa shape index (κ3) is 2.90. The van der Waals surface area contributed by atoms with E-state index in [9.17, 15) is 4.39 Å². The first-order valence-electron chi connectivity index (χ1n) is 5.77. The van der Waals surface area contributed by atoms with Gasteiger partial charge in [-0.1, -0.05) is 18.2 Å². The van der Waals surface area contributed by atoms with Crippen LogP contribution in [0.5, 0.6) is 0 Å². The van der Waals surface area contributed by atoms with Crippen LogP contribution in [-0.4, -0.2) is 20.6 Å². The van der Waals surface area contributed by atoms with Crippen molar-refractivity contribution in [1.82, 2.24) is 20.6 Å². The lowest BCUT2D eigenvalue weighted by Gasteiger charge is -2.21. The highest BCUT2D eigenvalue weighted by Crippen LogP contribution is 2.32. The molecule has 104 valence electrons. The molecule has 2 rings (SSSR count). The average molecular weight is 286 g/mol. The second-order valence-electron chi connectivity index (χ2n) is 4.49. The van der Waals surface area contributed by atoms with Crippen molar-refractivity contribution in [3.8, 4) is 0 Å². The van der Waals surface area contributed by atoms with Crippen LogP contribution in [0.2, 0.25) is 0 Å². The van der Waals surface area contributed by atoms with Crippen LogP contribution in [0.1, 0.15) is 41.4 Å². The molecular weight excluding hydrogens is 269 g/mol. The fourth-order valence-electron chi connectivity index (χ4n) is 2.08. The molecule has 2 aromatic rings. The molecule has 0 radical (unpaired) electrons. The smallest absolute Gasteiger partial charge is 0.191 e. The fourth-order valence-corrected chi connectivity index (χ4v) is 2.08. The third-order valence-electron chi connectivity index (χ3n) is 3.39. The lowest BCUT2D eigenvalue weighted by atomic mass is 9.88. The van der Waals surface area contributed by atoms with Gasteiger partial charge in [-0.2, -0.15) is 5.21 Å². The van der Waals surface area contributed by atoms with Crippen molar-refractivity contribution in [3.63, 3.8) is 0 Å². The van der Waals surface area contributed by atoms with E-state index in [4.69, 9.17) is 5.73 Å². The van der Waals surface area contributed by atoms with Crippen molar-refractivity contribution in [1.29, 1.82) is 0 Å². The van der Waals surface area contributed by atoms with E-state index in [1.807, 2.05) is 20.8 Å². The maximum atomic E-state index is 14.0. The van der Waals surface area contributed by atoms with Crippen LogP contribution < -0.4 is 5.73 Å². The largest absolute Gasteiger partial charge is 0.321 e. The molecular formula is C12H17ClFN5. The topological polar surface area (TPSA) is 80.5 Å². The minimum absolute atomic E-state index is 0. The van der Waals surface area contributed by atoms with Gasteiger partial charge in [0, 0.05) is 5.92 Å². The Balaban J connectivity index is 0.00000180. The summed E-state index contributed by atoms with van der Waals surface area (Å²) in [4.78, 5) is 0. The van der Waals surface area contributed by atoms with Crippen LogP contribution in [0.4, 0.5) is 4.39 Å². The van der Waals surface area contributed by atoms with Crippen molar-refractivity contribution < 1.29 is 4.39 Å². The van der Waals surface area contributed by atoms with Crippen molar-refractivity contribution >= 4 is 12.4 Å². The maximum absolute atomic E-state index is 14.0. The Morgan fingerprint density at radius 2 is 2.00 bits per heavy atom. The number of nitrogens with one attached hydrogen (secondary N) is 1. The molecule has 0 bridgehead atoms. The minimum atomic E-state index is -0.487. The predicted octanol–water partition coefficient (Wildman–Crippen LogP) is 2.18. The number of benzene rings is 1. The summed E-state index contributed by atoms with van der Waals surface area (Å²) in [6.45, 7) is 5.71. The molecule has 0 spiro atoms. The van der Waals surface area contributed by atoms with Gasteiger partial charge in [0.05, 0.1) is 6.04 Å². The summed E-state index contributed by atoms with van der Waals surface area (Å²) >= 11 is 0. The van der Waals surface area contributed by atoms with Crippen molar-refractivity contribution in [2.75, 3.05) is 0 Å². The fraction of sp³-hybridized carbons (Fsp3) is 0.417. The SMILES string of the molecule is Cc1ccc(F)c([C@@H](C)[C@H](N)c2nn[nH]n2)c1C.Cl. The summed E-state index contributed by atoms with van der Waals surface area (Å²) in [5.74, 6) is -0.0742. The zero-order chi connectivity index (χ0) is 13.3.